The summed E-state index contributed by atoms with van der Waals surface area (Å²) in [6.07, 6.45) is 6.51. The number of aromatic amines is 1. The molecule has 1 N–H and O–H groups in total. The summed E-state index contributed by atoms with van der Waals surface area (Å²) in [6, 6.07) is -0.537. The van der Waals surface area contributed by atoms with Crippen molar-refractivity contribution in [2.24, 2.45) is 0 Å². The van der Waals surface area contributed by atoms with Crippen LogP contribution >= 0.6 is 0 Å². The molecule has 0 aliphatic carbocycles. The van der Waals surface area contributed by atoms with E-state index in [1.807, 2.05) is 6.92 Å². The Morgan fingerprint density at radius 2 is 2.15 bits per heavy atom. The number of nitrogens with one attached hydrogen (secondary N) is 1. The molecule has 27 heavy (non-hydrogen) atoms. The van der Waals surface area contributed by atoms with Gasteiger partial charge >= 0.3 is 0 Å². The van der Waals surface area contributed by atoms with Gasteiger partial charge in [0.2, 0.25) is 5.91 Å². The summed E-state index contributed by atoms with van der Waals surface area (Å²) < 4.78 is 1.51. The lowest BCUT2D eigenvalue weighted by Gasteiger charge is -2.39. The van der Waals surface area contributed by atoms with E-state index in [0.717, 1.165) is 12.8 Å². The molecule has 2 amide bonds. The molecule has 2 aromatic heterocycles. The van der Waals surface area contributed by atoms with E-state index in [4.69, 9.17) is 0 Å². The number of rotatable bonds is 6. The van der Waals surface area contributed by atoms with Crippen molar-refractivity contribution in [1.29, 1.82) is 0 Å². The summed E-state index contributed by atoms with van der Waals surface area (Å²) in [5, 5.41) is 3.95. The standard InChI is InChI=1S/C17H23N7O3/c1-3-4-5-13-17(27)22(2)6-7-24(13)16(26)12-8-19-14(21-15(12)25)9-23-11-18-10-20-23/h8,10-11,13H,3-7,9H2,1-2H3,(H,19,21,25)/t13-/m0/s1. The molecule has 1 atom stereocenters. The van der Waals surface area contributed by atoms with Crippen molar-refractivity contribution in [3.05, 3.63) is 40.6 Å². The molecule has 10 nitrogen and oxygen atoms in total. The van der Waals surface area contributed by atoms with Crippen LogP contribution < -0.4 is 5.56 Å². The van der Waals surface area contributed by atoms with Crippen LogP contribution in [0.5, 0.6) is 0 Å². The van der Waals surface area contributed by atoms with Gasteiger partial charge in [-0.05, 0) is 6.42 Å². The summed E-state index contributed by atoms with van der Waals surface area (Å²) in [4.78, 5) is 51.6. The number of hydrogen-bond acceptors (Lipinski definition) is 6. The third-order valence-corrected chi connectivity index (χ3v) is 4.67. The molecule has 0 spiro atoms. The molecule has 1 aliphatic rings. The molecule has 3 heterocycles. The molecule has 3 rings (SSSR count). The van der Waals surface area contributed by atoms with Crippen LogP contribution in [0.15, 0.2) is 23.6 Å². The molecule has 0 bridgehead atoms. The highest BCUT2D eigenvalue weighted by Crippen LogP contribution is 2.18. The highest BCUT2D eigenvalue weighted by Gasteiger charge is 2.36. The van der Waals surface area contributed by atoms with Crippen LogP contribution in [-0.4, -0.2) is 72.5 Å². The number of H-pyrrole nitrogens is 1. The van der Waals surface area contributed by atoms with Crippen LogP contribution in [-0.2, 0) is 11.3 Å². The quantitative estimate of drug-likeness (QED) is 0.755. The first-order valence-corrected chi connectivity index (χ1v) is 8.97. The molecule has 0 aromatic carbocycles. The Morgan fingerprint density at radius 3 is 2.81 bits per heavy atom. The van der Waals surface area contributed by atoms with Gasteiger partial charge < -0.3 is 14.8 Å². The predicted octanol–water partition coefficient (Wildman–Crippen LogP) is -0.117. The fraction of sp³-hybridized carbons (Fsp3) is 0.529. The molecule has 2 aromatic rings. The number of piperazine rings is 1. The minimum atomic E-state index is -0.537. The molecule has 10 heteroatoms. The number of nitrogens with zero attached hydrogens (tertiary/aromatic N) is 6. The van der Waals surface area contributed by atoms with Gasteiger partial charge in [0.15, 0.2) is 0 Å². The maximum Gasteiger partial charge on any atom is 0.263 e. The monoisotopic (exact) mass is 373 g/mol. The topological polar surface area (TPSA) is 117 Å². The van der Waals surface area contributed by atoms with Gasteiger partial charge in [0.25, 0.3) is 11.5 Å². The summed E-state index contributed by atoms with van der Waals surface area (Å²) in [5.74, 6) is -0.173. The van der Waals surface area contributed by atoms with E-state index in [2.05, 4.69) is 20.1 Å². The SMILES string of the molecule is CCCC[C@H]1C(=O)N(C)CCN1C(=O)c1cnc(Cn2cncn2)[nH]c1=O. The Bertz CT molecular complexity index is 862. The molecular weight excluding hydrogens is 350 g/mol. The second-order valence-electron chi connectivity index (χ2n) is 6.58. The largest absolute Gasteiger partial charge is 0.342 e. The number of unbranched alkanes of at least 4 members (excludes halogenated alkanes) is 1. The molecule has 0 unspecified atom stereocenters. The zero-order chi connectivity index (χ0) is 19.4. The minimum Gasteiger partial charge on any atom is -0.342 e. The lowest BCUT2D eigenvalue weighted by atomic mass is 10.0. The molecule has 1 saturated heterocycles. The van der Waals surface area contributed by atoms with Crippen molar-refractivity contribution < 1.29 is 9.59 Å². The van der Waals surface area contributed by atoms with Crippen molar-refractivity contribution in [3.8, 4) is 0 Å². The van der Waals surface area contributed by atoms with Crippen LogP contribution in [0.25, 0.3) is 0 Å². The molecular formula is C17H23N7O3. The highest BCUT2D eigenvalue weighted by atomic mass is 16.2. The Balaban J connectivity index is 1.81. The van der Waals surface area contributed by atoms with Crippen LogP contribution in [0, 0.1) is 0 Å². The first-order valence-electron chi connectivity index (χ1n) is 8.97. The lowest BCUT2D eigenvalue weighted by Crippen LogP contribution is -2.58. The Labute approximate surface area is 156 Å². The predicted molar refractivity (Wildman–Crippen MR) is 96.0 cm³/mol. The van der Waals surface area contributed by atoms with Crippen molar-refractivity contribution in [3.63, 3.8) is 0 Å². The molecule has 1 fully saturated rings. The van der Waals surface area contributed by atoms with Gasteiger partial charge in [-0.1, -0.05) is 19.8 Å². The zero-order valence-corrected chi connectivity index (χ0v) is 15.5. The Kier molecular flexibility index (Phi) is 5.63. The third kappa shape index (κ3) is 4.04. The average molecular weight is 373 g/mol. The highest BCUT2D eigenvalue weighted by molar-refractivity contribution is 5.97. The fourth-order valence-electron chi connectivity index (χ4n) is 3.12. The van der Waals surface area contributed by atoms with Gasteiger partial charge in [-0.3, -0.25) is 14.4 Å². The molecule has 144 valence electrons. The van der Waals surface area contributed by atoms with Gasteiger partial charge in [-0.15, -0.1) is 0 Å². The minimum absolute atomic E-state index is 0.0591. The van der Waals surface area contributed by atoms with Gasteiger partial charge in [-0.25, -0.2) is 14.6 Å². The number of carbonyl (C=O) groups excluding carboxylic acids is 2. The van der Waals surface area contributed by atoms with Gasteiger partial charge in [0.1, 0.15) is 36.6 Å². The van der Waals surface area contributed by atoms with Crippen molar-refractivity contribution >= 4 is 11.8 Å². The van der Waals surface area contributed by atoms with Gasteiger partial charge in [0.05, 0.1) is 0 Å². The number of amides is 2. The summed E-state index contributed by atoms with van der Waals surface area (Å²) in [6.45, 7) is 3.13. The summed E-state index contributed by atoms with van der Waals surface area (Å²) in [7, 11) is 1.73. The van der Waals surface area contributed by atoms with E-state index in [-0.39, 0.29) is 18.0 Å². The smallest absolute Gasteiger partial charge is 0.263 e. The number of carbonyl (C=O) groups is 2. The van der Waals surface area contributed by atoms with E-state index >= 15 is 0 Å². The normalized spacial score (nSPS) is 17.4. The van der Waals surface area contributed by atoms with Crippen LogP contribution in [0.1, 0.15) is 42.4 Å². The zero-order valence-electron chi connectivity index (χ0n) is 15.5. The maximum atomic E-state index is 12.9. The lowest BCUT2D eigenvalue weighted by molar-refractivity contribution is -0.138. The Hall–Kier alpha value is -3.04. The Morgan fingerprint density at radius 1 is 1.33 bits per heavy atom. The van der Waals surface area contributed by atoms with Crippen molar-refractivity contribution in [1.82, 2.24) is 34.5 Å². The first-order chi connectivity index (χ1) is 13.0. The van der Waals surface area contributed by atoms with E-state index in [9.17, 15) is 14.4 Å². The van der Waals surface area contributed by atoms with Crippen LogP contribution in [0.3, 0.4) is 0 Å². The van der Waals surface area contributed by atoms with Gasteiger partial charge in [0, 0.05) is 26.3 Å². The second-order valence-corrected chi connectivity index (χ2v) is 6.58. The van der Waals surface area contributed by atoms with Crippen molar-refractivity contribution in [2.75, 3.05) is 20.1 Å². The molecule has 1 aliphatic heterocycles. The van der Waals surface area contributed by atoms with E-state index < -0.39 is 17.5 Å². The van der Waals surface area contributed by atoms with E-state index in [1.165, 1.54) is 28.4 Å². The fourth-order valence-corrected chi connectivity index (χ4v) is 3.12. The first kappa shape index (κ1) is 18.7. The van der Waals surface area contributed by atoms with Crippen molar-refractivity contribution in [2.45, 2.75) is 38.8 Å². The molecule has 0 saturated carbocycles. The van der Waals surface area contributed by atoms with E-state index in [0.29, 0.717) is 25.3 Å². The number of likely N-dealkylation sites (N-methyl/N-ethyl adjacent to an activating group) is 1. The van der Waals surface area contributed by atoms with Crippen LogP contribution in [0.2, 0.25) is 0 Å². The summed E-state index contributed by atoms with van der Waals surface area (Å²) >= 11 is 0. The second kappa shape index (κ2) is 8.11. The van der Waals surface area contributed by atoms with Gasteiger partial charge in [-0.2, -0.15) is 5.10 Å². The summed E-state index contributed by atoms with van der Waals surface area (Å²) in [5.41, 5.74) is -0.582. The number of aromatic nitrogens is 5. The van der Waals surface area contributed by atoms with E-state index in [1.54, 1.807) is 11.9 Å². The third-order valence-electron chi connectivity index (χ3n) is 4.67. The number of hydrogen-bond donors (Lipinski definition) is 1. The maximum absolute atomic E-state index is 12.9. The molecule has 0 radical (unpaired) electrons. The van der Waals surface area contributed by atoms with Crippen LogP contribution in [0.4, 0.5) is 0 Å². The average Bonchev–Trinajstić information content (AvgIpc) is 3.15.